The second kappa shape index (κ2) is 5.13. The molecule has 1 aromatic carbocycles. The van der Waals surface area contributed by atoms with Crippen molar-refractivity contribution in [2.75, 3.05) is 11.4 Å². The monoisotopic (exact) mass is 271 g/mol. The van der Waals surface area contributed by atoms with Crippen LogP contribution in [0, 0.1) is 0 Å². The summed E-state index contributed by atoms with van der Waals surface area (Å²) in [5.74, 6) is 1.07. The molecule has 98 valence electrons. The van der Waals surface area contributed by atoms with Crippen LogP contribution in [0.4, 0.5) is 5.82 Å². The first-order valence-corrected chi connectivity index (χ1v) is 7.05. The van der Waals surface area contributed by atoms with Gasteiger partial charge in [-0.05, 0) is 24.3 Å². The zero-order chi connectivity index (χ0) is 13.2. The first-order valence-electron chi connectivity index (χ1n) is 6.64. The van der Waals surface area contributed by atoms with E-state index in [4.69, 9.17) is 18.0 Å². The van der Waals surface area contributed by atoms with Crippen LogP contribution in [-0.4, -0.2) is 22.6 Å². The van der Waals surface area contributed by atoms with Gasteiger partial charge in [0.05, 0.1) is 4.99 Å². The Morgan fingerprint density at radius 1 is 1.32 bits per heavy atom. The SMILES string of the molecule is NC(=S)CCN(c1nccc2ccccc12)C1CC1. The lowest BCUT2D eigenvalue weighted by Gasteiger charge is -2.24. The molecule has 0 bridgehead atoms. The van der Waals surface area contributed by atoms with Crippen molar-refractivity contribution in [3.8, 4) is 0 Å². The Morgan fingerprint density at radius 3 is 2.84 bits per heavy atom. The van der Waals surface area contributed by atoms with Gasteiger partial charge in [-0.2, -0.15) is 0 Å². The molecule has 19 heavy (non-hydrogen) atoms. The van der Waals surface area contributed by atoms with Crippen LogP contribution in [-0.2, 0) is 0 Å². The number of pyridine rings is 1. The van der Waals surface area contributed by atoms with E-state index >= 15 is 0 Å². The third kappa shape index (κ3) is 2.68. The molecule has 0 radical (unpaired) electrons. The van der Waals surface area contributed by atoms with Gasteiger partial charge in [-0.1, -0.05) is 36.5 Å². The maximum Gasteiger partial charge on any atom is 0.136 e. The van der Waals surface area contributed by atoms with Crippen molar-refractivity contribution in [1.82, 2.24) is 4.98 Å². The molecule has 1 aliphatic rings. The summed E-state index contributed by atoms with van der Waals surface area (Å²) in [6.07, 6.45) is 5.11. The number of thiocarbonyl (C=S) groups is 1. The molecular weight excluding hydrogens is 254 g/mol. The molecule has 2 aromatic rings. The molecule has 0 amide bonds. The van der Waals surface area contributed by atoms with Crippen LogP contribution in [0.3, 0.4) is 0 Å². The molecule has 1 heterocycles. The van der Waals surface area contributed by atoms with Crippen molar-refractivity contribution >= 4 is 33.8 Å². The van der Waals surface area contributed by atoms with E-state index in [0.29, 0.717) is 11.0 Å². The molecule has 3 rings (SSSR count). The fraction of sp³-hybridized carbons (Fsp3) is 0.333. The summed E-state index contributed by atoms with van der Waals surface area (Å²) in [5, 5.41) is 2.44. The zero-order valence-electron chi connectivity index (χ0n) is 10.7. The number of aromatic nitrogens is 1. The molecule has 0 spiro atoms. The Balaban J connectivity index is 1.97. The van der Waals surface area contributed by atoms with E-state index in [0.717, 1.165) is 18.8 Å². The molecule has 1 aromatic heterocycles. The number of nitrogens with two attached hydrogens (primary N) is 1. The summed E-state index contributed by atoms with van der Waals surface area (Å²) in [7, 11) is 0. The van der Waals surface area contributed by atoms with Gasteiger partial charge in [0.2, 0.25) is 0 Å². The molecule has 0 unspecified atom stereocenters. The molecule has 4 heteroatoms. The lowest BCUT2D eigenvalue weighted by Crippen LogP contribution is -2.30. The molecular formula is C15H17N3S. The van der Waals surface area contributed by atoms with Crippen LogP contribution in [0.15, 0.2) is 36.5 Å². The van der Waals surface area contributed by atoms with E-state index in [2.05, 4.69) is 40.2 Å². The zero-order valence-corrected chi connectivity index (χ0v) is 11.6. The number of hydrogen-bond acceptors (Lipinski definition) is 3. The average Bonchev–Trinajstić information content (AvgIpc) is 3.23. The average molecular weight is 271 g/mol. The number of fused-ring (bicyclic) bond motifs is 1. The third-order valence-corrected chi connectivity index (χ3v) is 3.72. The standard InChI is InChI=1S/C15H17N3S/c16-14(19)8-10-18(12-5-6-12)15-13-4-2-1-3-11(13)7-9-17-15/h1-4,7,9,12H,5-6,8,10H2,(H2,16,19). The Hall–Kier alpha value is -1.68. The van der Waals surface area contributed by atoms with Gasteiger partial charge in [-0.25, -0.2) is 4.98 Å². The molecule has 2 N–H and O–H groups in total. The second-order valence-corrected chi connectivity index (χ2v) is 5.52. The van der Waals surface area contributed by atoms with Gasteiger partial charge >= 0.3 is 0 Å². The normalized spacial score (nSPS) is 14.5. The minimum Gasteiger partial charge on any atom is -0.393 e. The summed E-state index contributed by atoms with van der Waals surface area (Å²) in [6.45, 7) is 0.862. The second-order valence-electron chi connectivity index (χ2n) is 5.00. The third-order valence-electron chi connectivity index (χ3n) is 3.51. The molecule has 0 saturated heterocycles. The summed E-state index contributed by atoms with van der Waals surface area (Å²) in [5.41, 5.74) is 5.64. The Kier molecular flexibility index (Phi) is 3.34. The van der Waals surface area contributed by atoms with Crippen LogP contribution >= 0.6 is 12.2 Å². The van der Waals surface area contributed by atoms with Crippen LogP contribution in [0.5, 0.6) is 0 Å². The van der Waals surface area contributed by atoms with Crippen molar-refractivity contribution in [2.45, 2.75) is 25.3 Å². The van der Waals surface area contributed by atoms with Gasteiger partial charge in [0.15, 0.2) is 0 Å². The highest BCUT2D eigenvalue weighted by molar-refractivity contribution is 7.80. The van der Waals surface area contributed by atoms with Gasteiger partial charge in [-0.3, -0.25) is 0 Å². The first-order chi connectivity index (χ1) is 9.25. The fourth-order valence-electron chi connectivity index (χ4n) is 2.41. The van der Waals surface area contributed by atoms with E-state index in [1.165, 1.54) is 23.6 Å². The summed E-state index contributed by atoms with van der Waals surface area (Å²) in [4.78, 5) is 7.53. The maximum absolute atomic E-state index is 5.64. The smallest absolute Gasteiger partial charge is 0.136 e. The highest BCUT2D eigenvalue weighted by Gasteiger charge is 2.30. The maximum atomic E-state index is 5.64. The van der Waals surface area contributed by atoms with Crippen molar-refractivity contribution in [3.63, 3.8) is 0 Å². The van der Waals surface area contributed by atoms with Crippen molar-refractivity contribution in [3.05, 3.63) is 36.5 Å². The highest BCUT2D eigenvalue weighted by Crippen LogP contribution is 2.34. The number of benzene rings is 1. The van der Waals surface area contributed by atoms with Crippen LogP contribution in [0.1, 0.15) is 19.3 Å². The summed E-state index contributed by atoms with van der Waals surface area (Å²) in [6, 6.07) is 11.0. The first kappa shape index (κ1) is 12.4. The van der Waals surface area contributed by atoms with E-state index in [9.17, 15) is 0 Å². The van der Waals surface area contributed by atoms with Gasteiger partial charge in [-0.15, -0.1) is 0 Å². The molecule has 1 saturated carbocycles. The van der Waals surface area contributed by atoms with Crippen molar-refractivity contribution in [2.24, 2.45) is 5.73 Å². The quantitative estimate of drug-likeness (QED) is 0.849. The fourth-order valence-corrected chi connectivity index (χ4v) is 2.50. The number of anilines is 1. The Bertz CT molecular complexity index is 602. The van der Waals surface area contributed by atoms with E-state index in [1.54, 1.807) is 0 Å². The van der Waals surface area contributed by atoms with Gasteiger partial charge < -0.3 is 10.6 Å². The number of nitrogens with zero attached hydrogens (tertiary/aromatic N) is 2. The summed E-state index contributed by atoms with van der Waals surface area (Å²) >= 11 is 5.00. The van der Waals surface area contributed by atoms with E-state index in [-0.39, 0.29) is 0 Å². The lowest BCUT2D eigenvalue weighted by atomic mass is 10.1. The molecule has 1 fully saturated rings. The minimum absolute atomic E-state index is 0.575. The Morgan fingerprint density at radius 2 is 2.11 bits per heavy atom. The van der Waals surface area contributed by atoms with Gasteiger partial charge in [0.1, 0.15) is 5.82 Å². The van der Waals surface area contributed by atoms with Gasteiger partial charge in [0.25, 0.3) is 0 Å². The van der Waals surface area contributed by atoms with Crippen LogP contribution in [0.25, 0.3) is 10.8 Å². The van der Waals surface area contributed by atoms with Crippen LogP contribution < -0.4 is 10.6 Å². The van der Waals surface area contributed by atoms with Crippen molar-refractivity contribution < 1.29 is 0 Å². The largest absolute Gasteiger partial charge is 0.393 e. The van der Waals surface area contributed by atoms with Crippen LogP contribution in [0.2, 0.25) is 0 Å². The molecule has 0 atom stereocenters. The predicted molar refractivity (Wildman–Crippen MR) is 83.5 cm³/mol. The van der Waals surface area contributed by atoms with Crippen molar-refractivity contribution in [1.29, 1.82) is 0 Å². The van der Waals surface area contributed by atoms with Gasteiger partial charge in [0, 0.05) is 30.6 Å². The summed E-state index contributed by atoms with van der Waals surface area (Å²) < 4.78 is 0. The highest BCUT2D eigenvalue weighted by atomic mass is 32.1. The van der Waals surface area contributed by atoms with E-state index in [1.807, 2.05) is 6.20 Å². The molecule has 1 aliphatic carbocycles. The van der Waals surface area contributed by atoms with E-state index < -0.39 is 0 Å². The lowest BCUT2D eigenvalue weighted by molar-refractivity contribution is 0.790. The molecule has 3 nitrogen and oxygen atoms in total. The Labute approximate surface area is 118 Å². The predicted octanol–water partition coefficient (Wildman–Crippen LogP) is 2.88. The topological polar surface area (TPSA) is 42.1 Å². The number of rotatable bonds is 5. The number of hydrogen-bond donors (Lipinski definition) is 1. The molecule has 0 aliphatic heterocycles. The minimum atomic E-state index is 0.575.